The first-order chi connectivity index (χ1) is 9.00. The molecule has 0 amide bonds. The van der Waals surface area contributed by atoms with Crippen LogP contribution in [-0.4, -0.2) is 25.8 Å². The third-order valence-electron chi connectivity index (χ3n) is 4.64. The highest BCUT2D eigenvalue weighted by Gasteiger charge is 2.41. The van der Waals surface area contributed by atoms with Crippen molar-refractivity contribution in [1.82, 2.24) is 4.31 Å². The quantitative estimate of drug-likeness (QED) is 0.843. The van der Waals surface area contributed by atoms with E-state index >= 15 is 0 Å². The average Bonchev–Trinajstić information content (AvgIpc) is 2.92. The van der Waals surface area contributed by atoms with Crippen LogP contribution in [0.4, 0.5) is 5.69 Å². The van der Waals surface area contributed by atoms with Crippen molar-refractivity contribution in [2.75, 3.05) is 18.8 Å². The van der Waals surface area contributed by atoms with Crippen molar-refractivity contribution in [3.8, 4) is 0 Å². The predicted octanol–water partition coefficient (Wildman–Crippen LogP) is 2.00. The molecule has 2 aliphatic rings. The standard InChI is InChI=1S/C14H20N2O2S/c1-10-13(15)6-3-7-14(10)19(17,18)16-8-11-4-2-5-12(11)9-16/h3,6-7,11-12H,2,4-5,8-9,15H2,1H3. The Kier molecular flexibility index (Phi) is 3.06. The SMILES string of the molecule is Cc1c(N)cccc1S(=O)(=O)N1CC2CCCC2C1. The Morgan fingerprint density at radius 2 is 1.84 bits per heavy atom. The van der Waals surface area contributed by atoms with E-state index in [-0.39, 0.29) is 0 Å². The molecule has 1 heterocycles. The molecule has 0 bridgehead atoms. The normalized spacial score (nSPS) is 27.6. The molecule has 1 aromatic rings. The largest absolute Gasteiger partial charge is 0.398 e. The zero-order chi connectivity index (χ0) is 13.6. The highest BCUT2D eigenvalue weighted by atomic mass is 32.2. The van der Waals surface area contributed by atoms with E-state index in [0.717, 1.165) is 0 Å². The van der Waals surface area contributed by atoms with Crippen molar-refractivity contribution >= 4 is 15.7 Å². The summed E-state index contributed by atoms with van der Waals surface area (Å²) in [4.78, 5) is 0.368. The number of fused-ring (bicyclic) bond motifs is 1. The minimum Gasteiger partial charge on any atom is -0.398 e. The third-order valence-corrected chi connectivity index (χ3v) is 6.61. The van der Waals surface area contributed by atoms with Crippen LogP contribution in [-0.2, 0) is 10.0 Å². The fourth-order valence-electron chi connectivity index (χ4n) is 3.44. The van der Waals surface area contributed by atoms with Gasteiger partial charge in [0.1, 0.15) is 0 Å². The first-order valence-corrected chi connectivity index (χ1v) is 8.29. The van der Waals surface area contributed by atoms with Crippen LogP contribution in [0.25, 0.3) is 0 Å². The summed E-state index contributed by atoms with van der Waals surface area (Å²) in [6.07, 6.45) is 3.60. The minimum absolute atomic E-state index is 0.368. The third kappa shape index (κ3) is 2.05. The maximum atomic E-state index is 12.7. The van der Waals surface area contributed by atoms with Gasteiger partial charge in [0.25, 0.3) is 0 Å². The van der Waals surface area contributed by atoms with E-state index in [1.54, 1.807) is 29.4 Å². The number of hydrogen-bond acceptors (Lipinski definition) is 3. The van der Waals surface area contributed by atoms with Crippen LogP contribution in [0.2, 0.25) is 0 Å². The van der Waals surface area contributed by atoms with Crippen molar-refractivity contribution < 1.29 is 8.42 Å². The van der Waals surface area contributed by atoms with Crippen molar-refractivity contribution in [3.63, 3.8) is 0 Å². The molecule has 1 aromatic carbocycles. The highest BCUT2D eigenvalue weighted by molar-refractivity contribution is 7.89. The van der Waals surface area contributed by atoms with Gasteiger partial charge in [0, 0.05) is 18.8 Å². The van der Waals surface area contributed by atoms with Crippen molar-refractivity contribution in [2.45, 2.75) is 31.1 Å². The summed E-state index contributed by atoms with van der Waals surface area (Å²) in [6, 6.07) is 5.12. The van der Waals surface area contributed by atoms with Gasteiger partial charge in [-0.25, -0.2) is 8.42 Å². The molecule has 0 aromatic heterocycles. The fraction of sp³-hybridized carbons (Fsp3) is 0.571. The molecular formula is C14H20N2O2S. The second-order valence-corrected chi connectivity index (χ2v) is 7.65. The second-order valence-electron chi connectivity index (χ2n) is 5.74. The Morgan fingerprint density at radius 3 is 2.47 bits per heavy atom. The summed E-state index contributed by atoms with van der Waals surface area (Å²) >= 11 is 0. The van der Waals surface area contributed by atoms with Crippen LogP contribution < -0.4 is 5.73 Å². The topological polar surface area (TPSA) is 63.4 Å². The molecule has 2 fully saturated rings. The summed E-state index contributed by atoms with van der Waals surface area (Å²) in [5.41, 5.74) is 7.03. The molecule has 2 atom stereocenters. The molecule has 1 saturated carbocycles. The average molecular weight is 280 g/mol. The number of hydrogen-bond donors (Lipinski definition) is 1. The number of anilines is 1. The van der Waals surface area contributed by atoms with Crippen LogP contribution in [0, 0.1) is 18.8 Å². The summed E-state index contributed by atoms with van der Waals surface area (Å²) in [5.74, 6) is 1.13. The summed E-state index contributed by atoms with van der Waals surface area (Å²) < 4.78 is 27.1. The molecule has 3 rings (SSSR count). The lowest BCUT2D eigenvalue weighted by Gasteiger charge is -2.19. The number of nitrogen functional groups attached to an aromatic ring is 1. The maximum absolute atomic E-state index is 12.7. The minimum atomic E-state index is -3.38. The van der Waals surface area contributed by atoms with Crippen molar-refractivity contribution in [3.05, 3.63) is 23.8 Å². The zero-order valence-electron chi connectivity index (χ0n) is 11.2. The molecule has 5 heteroatoms. The highest BCUT2D eigenvalue weighted by Crippen LogP contribution is 2.40. The lowest BCUT2D eigenvalue weighted by molar-refractivity contribution is 0.445. The first kappa shape index (κ1) is 12.9. The van der Waals surface area contributed by atoms with Gasteiger partial charge in [0.2, 0.25) is 10.0 Å². The van der Waals surface area contributed by atoms with E-state index < -0.39 is 10.0 Å². The van der Waals surface area contributed by atoms with Gasteiger partial charge < -0.3 is 5.73 Å². The van der Waals surface area contributed by atoms with Gasteiger partial charge in [-0.3, -0.25) is 0 Å². The molecule has 2 unspecified atom stereocenters. The number of rotatable bonds is 2. The lowest BCUT2D eigenvalue weighted by atomic mass is 10.0. The summed E-state index contributed by atoms with van der Waals surface area (Å²) in [6.45, 7) is 3.14. The van der Waals surface area contributed by atoms with E-state index in [1.165, 1.54) is 19.3 Å². The molecule has 1 aliphatic heterocycles. The molecule has 4 nitrogen and oxygen atoms in total. The fourth-order valence-corrected chi connectivity index (χ4v) is 5.25. The number of nitrogens with two attached hydrogens (primary N) is 1. The Bertz CT molecular complexity index is 585. The summed E-state index contributed by atoms with van der Waals surface area (Å²) in [7, 11) is -3.38. The molecule has 1 saturated heterocycles. The van der Waals surface area contributed by atoms with Gasteiger partial charge in [-0.05, 0) is 49.3 Å². The maximum Gasteiger partial charge on any atom is 0.243 e. The van der Waals surface area contributed by atoms with Gasteiger partial charge in [-0.2, -0.15) is 4.31 Å². The molecule has 0 spiro atoms. The molecule has 2 N–H and O–H groups in total. The van der Waals surface area contributed by atoms with Gasteiger partial charge in [-0.15, -0.1) is 0 Å². The molecule has 19 heavy (non-hydrogen) atoms. The Hall–Kier alpha value is -1.07. The van der Waals surface area contributed by atoms with E-state index in [2.05, 4.69) is 0 Å². The monoisotopic (exact) mass is 280 g/mol. The van der Waals surface area contributed by atoms with Gasteiger partial charge in [0.15, 0.2) is 0 Å². The van der Waals surface area contributed by atoms with Crippen LogP contribution in [0.15, 0.2) is 23.1 Å². The first-order valence-electron chi connectivity index (χ1n) is 6.85. The Morgan fingerprint density at radius 1 is 1.21 bits per heavy atom. The van der Waals surface area contributed by atoms with Crippen LogP contribution >= 0.6 is 0 Å². The smallest absolute Gasteiger partial charge is 0.243 e. The van der Waals surface area contributed by atoms with E-state index in [0.29, 0.717) is 41.1 Å². The van der Waals surface area contributed by atoms with Crippen molar-refractivity contribution in [2.24, 2.45) is 11.8 Å². The van der Waals surface area contributed by atoms with Gasteiger partial charge >= 0.3 is 0 Å². The molecule has 1 aliphatic carbocycles. The molecular weight excluding hydrogens is 260 g/mol. The van der Waals surface area contributed by atoms with E-state index in [1.807, 2.05) is 0 Å². The number of nitrogens with zero attached hydrogens (tertiary/aromatic N) is 1. The number of sulfonamides is 1. The van der Waals surface area contributed by atoms with Gasteiger partial charge in [-0.1, -0.05) is 12.5 Å². The second kappa shape index (κ2) is 4.49. The molecule has 104 valence electrons. The number of benzene rings is 1. The van der Waals surface area contributed by atoms with E-state index in [4.69, 9.17) is 5.73 Å². The van der Waals surface area contributed by atoms with Crippen LogP contribution in [0.1, 0.15) is 24.8 Å². The lowest BCUT2D eigenvalue weighted by Crippen LogP contribution is -2.30. The molecule has 0 radical (unpaired) electrons. The van der Waals surface area contributed by atoms with Crippen molar-refractivity contribution in [1.29, 1.82) is 0 Å². The van der Waals surface area contributed by atoms with Gasteiger partial charge in [0.05, 0.1) is 4.90 Å². The Balaban J connectivity index is 1.93. The predicted molar refractivity (Wildman–Crippen MR) is 75.2 cm³/mol. The summed E-state index contributed by atoms with van der Waals surface area (Å²) in [5, 5.41) is 0. The zero-order valence-corrected chi connectivity index (χ0v) is 12.0. The van der Waals surface area contributed by atoms with Crippen LogP contribution in [0.3, 0.4) is 0 Å². The Labute approximate surface area is 114 Å². The van der Waals surface area contributed by atoms with E-state index in [9.17, 15) is 8.42 Å². The van der Waals surface area contributed by atoms with Crippen LogP contribution in [0.5, 0.6) is 0 Å².